The highest BCUT2D eigenvalue weighted by molar-refractivity contribution is 6.20. The van der Waals surface area contributed by atoms with E-state index >= 15 is 0 Å². The summed E-state index contributed by atoms with van der Waals surface area (Å²) < 4.78 is 0. The minimum absolute atomic E-state index is 1.19. The van der Waals surface area contributed by atoms with Crippen LogP contribution in [0.25, 0.3) is 54.5 Å². The van der Waals surface area contributed by atoms with Gasteiger partial charge in [-0.2, -0.15) is 0 Å². The Morgan fingerprint density at radius 1 is 0.481 bits per heavy atom. The smallest absolute Gasteiger partial charge is 0.0471 e. The maximum atomic E-state index is 3.59. The molecule has 126 valence electrons. The fraction of sp³-hybridized carbons (Fsp3) is 0. The van der Waals surface area contributed by atoms with Gasteiger partial charge in [0, 0.05) is 21.8 Å². The van der Waals surface area contributed by atoms with Gasteiger partial charge in [0.1, 0.15) is 0 Å². The van der Waals surface area contributed by atoms with Crippen LogP contribution in [0.5, 0.6) is 0 Å². The quantitative estimate of drug-likeness (QED) is 0.322. The van der Waals surface area contributed by atoms with Gasteiger partial charge in [-0.05, 0) is 50.9 Å². The Morgan fingerprint density at radius 2 is 1.19 bits per heavy atom. The molecule has 0 aliphatic heterocycles. The molecule has 1 heterocycles. The lowest BCUT2D eigenvalue weighted by molar-refractivity contribution is 1.55. The first kappa shape index (κ1) is 14.6. The molecular formula is C26H17N. The van der Waals surface area contributed by atoms with E-state index in [4.69, 9.17) is 0 Å². The predicted molar refractivity (Wildman–Crippen MR) is 116 cm³/mol. The van der Waals surface area contributed by atoms with Gasteiger partial charge in [0.25, 0.3) is 0 Å². The molecule has 0 amide bonds. The molecule has 27 heavy (non-hydrogen) atoms. The second-order valence-corrected chi connectivity index (χ2v) is 7.12. The number of nitrogens with one attached hydrogen (secondary N) is 1. The van der Waals surface area contributed by atoms with Crippen LogP contribution >= 0.6 is 0 Å². The van der Waals surface area contributed by atoms with Crippen molar-refractivity contribution in [1.82, 2.24) is 4.98 Å². The summed E-state index contributed by atoms with van der Waals surface area (Å²) in [6.45, 7) is 0. The van der Waals surface area contributed by atoms with Crippen molar-refractivity contribution in [2.75, 3.05) is 0 Å². The first-order valence-electron chi connectivity index (χ1n) is 9.30. The van der Waals surface area contributed by atoms with Crippen LogP contribution in [-0.2, 0) is 0 Å². The first-order chi connectivity index (χ1) is 13.4. The van der Waals surface area contributed by atoms with Crippen molar-refractivity contribution in [1.29, 1.82) is 0 Å². The number of fused-ring (bicyclic) bond motifs is 6. The summed E-state index contributed by atoms with van der Waals surface area (Å²) in [5, 5.41) is 7.75. The Morgan fingerprint density at radius 3 is 2.07 bits per heavy atom. The predicted octanol–water partition coefficient (Wildman–Crippen LogP) is 7.29. The topological polar surface area (TPSA) is 15.8 Å². The van der Waals surface area contributed by atoms with Crippen molar-refractivity contribution in [2.24, 2.45) is 0 Å². The standard InChI is InChI=1S/C26H17N/c1-3-9-20-17(6-1)8-5-11-21(20)19-13-14-24-23(16-19)26-22-10-4-2-7-18(22)12-15-25(26)27-24/h1-16,27H. The van der Waals surface area contributed by atoms with Crippen molar-refractivity contribution in [3.63, 3.8) is 0 Å². The van der Waals surface area contributed by atoms with E-state index in [0.717, 1.165) is 0 Å². The molecule has 1 aromatic heterocycles. The molecular weight excluding hydrogens is 326 g/mol. The van der Waals surface area contributed by atoms with Crippen LogP contribution in [0.3, 0.4) is 0 Å². The Kier molecular flexibility index (Phi) is 2.95. The molecule has 6 rings (SSSR count). The average molecular weight is 343 g/mol. The molecule has 1 heteroatoms. The fourth-order valence-corrected chi connectivity index (χ4v) is 4.32. The number of rotatable bonds is 1. The molecule has 0 bridgehead atoms. The monoisotopic (exact) mass is 343 g/mol. The van der Waals surface area contributed by atoms with Crippen molar-refractivity contribution >= 4 is 43.4 Å². The molecule has 5 aromatic carbocycles. The molecule has 0 saturated carbocycles. The zero-order valence-electron chi connectivity index (χ0n) is 14.7. The van der Waals surface area contributed by atoms with Gasteiger partial charge >= 0.3 is 0 Å². The SMILES string of the molecule is c1ccc2c(-c3ccc4[nH]c5ccc6ccccc6c5c4c3)cccc2c1. The summed E-state index contributed by atoms with van der Waals surface area (Å²) in [5.41, 5.74) is 4.92. The molecule has 1 nitrogen and oxygen atoms in total. The lowest BCUT2D eigenvalue weighted by Gasteiger charge is -2.07. The largest absolute Gasteiger partial charge is 0.354 e. The summed E-state index contributed by atoms with van der Waals surface area (Å²) in [7, 11) is 0. The number of H-pyrrole nitrogens is 1. The van der Waals surface area contributed by atoms with Crippen LogP contribution < -0.4 is 0 Å². The third-order valence-corrected chi connectivity index (χ3v) is 5.59. The second-order valence-electron chi connectivity index (χ2n) is 7.12. The van der Waals surface area contributed by atoms with Gasteiger partial charge in [0.05, 0.1) is 0 Å². The number of benzene rings is 5. The molecule has 0 aliphatic carbocycles. The van der Waals surface area contributed by atoms with Gasteiger partial charge in [-0.3, -0.25) is 0 Å². The highest BCUT2D eigenvalue weighted by atomic mass is 14.7. The Hall–Kier alpha value is -3.58. The summed E-state index contributed by atoms with van der Waals surface area (Å²) in [6, 6.07) is 34.9. The Labute approximate surface area is 156 Å². The van der Waals surface area contributed by atoms with E-state index in [0.29, 0.717) is 0 Å². The van der Waals surface area contributed by atoms with Crippen LogP contribution in [0.1, 0.15) is 0 Å². The second kappa shape index (κ2) is 5.46. The van der Waals surface area contributed by atoms with Gasteiger partial charge < -0.3 is 4.98 Å². The van der Waals surface area contributed by atoms with Crippen molar-refractivity contribution in [3.05, 3.63) is 97.1 Å². The van der Waals surface area contributed by atoms with Crippen LogP contribution in [0.4, 0.5) is 0 Å². The van der Waals surface area contributed by atoms with Crippen LogP contribution in [0, 0.1) is 0 Å². The van der Waals surface area contributed by atoms with E-state index in [1.54, 1.807) is 0 Å². The molecule has 0 fully saturated rings. The van der Waals surface area contributed by atoms with Gasteiger partial charge in [-0.25, -0.2) is 0 Å². The third kappa shape index (κ3) is 2.12. The summed E-state index contributed by atoms with van der Waals surface area (Å²) in [5.74, 6) is 0. The average Bonchev–Trinajstić information content (AvgIpc) is 3.11. The Balaban J connectivity index is 1.72. The molecule has 0 saturated heterocycles. The molecule has 6 aromatic rings. The zero-order valence-corrected chi connectivity index (χ0v) is 14.7. The van der Waals surface area contributed by atoms with Crippen LogP contribution in [0.15, 0.2) is 97.1 Å². The molecule has 0 unspecified atom stereocenters. The van der Waals surface area contributed by atoms with E-state index in [1.807, 2.05) is 0 Å². The first-order valence-corrected chi connectivity index (χ1v) is 9.30. The fourth-order valence-electron chi connectivity index (χ4n) is 4.32. The summed E-state index contributed by atoms with van der Waals surface area (Å²) in [6.07, 6.45) is 0. The third-order valence-electron chi connectivity index (χ3n) is 5.59. The van der Waals surface area contributed by atoms with E-state index in [-0.39, 0.29) is 0 Å². The van der Waals surface area contributed by atoms with Gasteiger partial charge in [-0.1, -0.05) is 78.9 Å². The minimum Gasteiger partial charge on any atom is -0.354 e. The van der Waals surface area contributed by atoms with E-state index in [9.17, 15) is 0 Å². The lowest BCUT2D eigenvalue weighted by atomic mass is 9.96. The van der Waals surface area contributed by atoms with E-state index in [1.165, 1.54) is 54.5 Å². The van der Waals surface area contributed by atoms with Crippen molar-refractivity contribution in [2.45, 2.75) is 0 Å². The molecule has 0 radical (unpaired) electrons. The van der Waals surface area contributed by atoms with E-state index in [2.05, 4.69) is 102 Å². The van der Waals surface area contributed by atoms with Crippen LogP contribution in [-0.4, -0.2) is 4.98 Å². The number of hydrogen-bond acceptors (Lipinski definition) is 0. The zero-order chi connectivity index (χ0) is 17.8. The number of hydrogen-bond donors (Lipinski definition) is 1. The maximum Gasteiger partial charge on any atom is 0.0471 e. The lowest BCUT2D eigenvalue weighted by Crippen LogP contribution is -1.81. The molecule has 1 N–H and O–H groups in total. The van der Waals surface area contributed by atoms with Gasteiger partial charge in [0.15, 0.2) is 0 Å². The minimum atomic E-state index is 1.19. The van der Waals surface area contributed by atoms with E-state index < -0.39 is 0 Å². The highest BCUT2D eigenvalue weighted by Gasteiger charge is 2.10. The van der Waals surface area contributed by atoms with Crippen LogP contribution in [0.2, 0.25) is 0 Å². The van der Waals surface area contributed by atoms with Crippen molar-refractivity contribution < 1.29 is 0 Å². The van der Waals surface area contributed by atoms with Crippen molar-refractivity contribution in [3.8, 4) is 11.1 Å². The summed E-state index contributed by atoms with van der Waals surface area (Å²) >= 11 is 0. The van der Waals surface area contributed by atoms with Gasteiger partial charge in [0.2, 0.25) is 0 Å². The molecule has 0 atom stereocenters. The highest BCUT2D eigenvalue weighted by Crippen LogP contribution is 2.36. The Bertz CT molecular complexity index is 1460. The number of aromatic amines is 1. The molecule has 0 aliphatic rings. The number of aromatic nitrogens is 1. The summed E-state index contributed by atoms with van der Waals surface area (Å²) in [4.78, 5) is 3.59. The molecule has 0 spiro atoms. The van der Waals surface area contributed by atoms with Gasteiger partial charge in [-0.15, -0.1) is 0 Å². The maximum absolute atomic E-state index is 3.59. The normalized spacial score (nSPS) is 11.7.